The van der Waals surface area contributed by atoms with Crippen LogP contribution < -0.4 is 85.5 Å². The molecule has 0 saturated heterocycles. The SMILES string of the molecule is N#CSN=C(N)N.O=C([O-])C(F)(F)F.[Cs+]. The van der Waals surface area contributed by atoms with E-state index in [1.165, 1.54) is 0 Å². The molecule has 0 aromatic heterocycles. The largest absolute Gasteiger partial charge is 1.00 e. The van der Waals surface area contributed by atoms with Crippen molar-refractivity contribution in [2.24, 2.45) is 15.9 Å². The summed E-state index contributed by atoms with van der Waals surface area (Å²) in [5, 5.41) is 18.3. The van der Waals surface area contributed by atoms with Gasteiger partial charge in [-0.3, -0.25) is 0 Å². The quantitative estimate of drug-likeness (QED) is 0.210. The van der Waals surface area contributed by atoms with Crippen LogP contribution in [0.25, 0.3) is 0 Å². The minimum atomic E-state index is -5.19. The predicted molar refractivity (Wildman–Crippen MR) is 40.1 cm³/mol. The van der Waals surface area contributed by atoms with Gasteiger partial charge >= 0.3 is 75.1 Å². The van der Waals surface area contributed by atoms with Gasteiger partial charge in [0.2, 0.25) is 0 Å². The third kappa shape index (κ3) is 20.5. The minimum absolute atomic E-state index is 0. The number of rotatable bonds is 1. The zero-order valence-corrected chi connectivity index (χ0v) is 14.5. The number of hydrogen-bond acceptors (Lipinski definition) is 5. The maximum Gasteiger partial charge on any atom is 1.00 e. The number of nitrogens with two attached hydrogens (primary N) is 2. The van der Waals surface area contributed by atoms with E-state index in [0.717, 1.165) is 0 Å². The van der Waals surface area contributed by atoms with Crippen molar-refractivity contribution in [3.63, 3.8) is 0 Å². The monoisotopic (exact) mass is 362 g/mol. The summed E-state index contributed by atoms with van der Waals surface area (Å²) in [7, 11) is 0. The van der Waals surface area contributed by atoms with Crippen molar-refractivity contribution in [3.8, 4) is 5.40 Å². The molecule has 0 aliphatic rings. The molecule has 0 aliphatic heterocycles. The molecule has 6 nitrogen and oxygen atoms in total. The standard InChI is InChI=1S/C2HF3O2.C2H4N4S.Cs/c3-2(4,5)1(6)7;3-1-7-6-2(4)5;/h(H,6,7);(H4,4,5,6);/q;;+1/p-1. The number of thiocyanates is 1. The number of halogens is 3. The van der Waals surface area contributed by atoms with Gasteiger partial charge in [0, 0.05) is 0 Å². The van der Waals surface area contributed by atoms with Crippen LogP contribution in [0, 0.1) is 10.7 Å². The normalized spacial score (nSPS) is 8.40. The summed E-state index contributed by atoms with van der Waals surface area (Å²) < 4.78 is 34.8. The van der Waals surface area contributed by atoms with Crippen molar-refractivity contribution in [1.82, 2.24) is 0 Å². The van der Waals surface area contributed by atoms with Crippen molar-refractivity contribution in [1.29, 1.82) is 5.26 Å². The molecule has 0 aromatic rings. The summed E-state index contributed by atoms with van der Waals surface area (Å²) in [6, 6.07) is 0. The molecule has 0 amide bonds. The van der Waals surface area contributed by atoms with E-state index in [4.69, 9.17) is 26.6 Å². The van der Waals surface area contributed by atoms with Gasteiger partial charge in [0.1, 0.15) is 5.97 Å². The van der Waals surface area contributed by atoms with Gasteiger partial charge in [-0.05, 0) is 0 Å². The molecule has 0 atom stereocenters. The van der Waals surface area contributed by atoms with Crippen LogP contribution in [0.1, 0.15) is 0 Å². The minimum Gasteiger partial charge on any atom is -0.542 e. The first kappa shape index (κ1) is 20.8. The van der Waals surface area contributed by atoms with Crippen LogP contribution in [-0.4, -0.2) is 18.1 Å². The Morgan fingerprint density at radius 3 is 1.87 bits per heavy atom. The third-order valence-corrected chi connectivity index (χ3v) is 0.807. The van der Waals surface area contributed by atoms with E-state index in [0.29, 0.717) is 11.9 Å². The number of carbonyl (C=O) groups excluding carboxylic acids is 1. The summed E-state index contributed by atoms with van der Waals surface area (Å²) in [4.78, 5) is 8.78. The molecule has 0 aromatic carbocycles. The molecular weight excluding hydrogens is 358 g/mol. The number of nitrogens with zero attached hydrogens (tertiary/aromatic N) is 2. The molecule has 0 bridgehead atoms. The van der Waals surface area contributed by atoms with Crippen LogP contribution in [0.2, 0.25) is 0 Å². The maximum atomic E-state index is 10.5. The molecule has 0 saturated carbocycles. The summed E-state index contributed by atoms with van der Waals surface area (Å²) in [5.41, 5.74) is 9.67. The molecule has 11 heteroatoms. The predicted octanol–water partition coefficient (Wildman–Crippen LogP) is -4.31. The molecule has 0 fully saturated rings. The van der Waals surface area contributed by atoms with E-state index in [1.807, 2.05) is 0 Å². The Balaban J connectivity index is -0.000000180. The Morgan fingerprint density at radius 2 is 1.80 bits per heavy atom. The number of carboxylic acid groups (broad SMARTS) is 1. The third-order valence-electron chi connectivity index (χ3n) is 0.423. The van der Waals surface area contributed by atoms with Crippen LogP contribution in [0.15, 0.2) is 4.40 Å². The Kier molecular flexibility index (Phi) is 15.1. The second kappa shape index (κ2) is 10.9. The van der Waals surface area contributed by atoms with Crippen LogP contribution in [0.5, 0.6) is 0 Å². The number of hydrogen-bond donors (Lipinski definition) is 2. The topological polar surface area (TPSA) is 128 Å². The van der Waals surface area contributed by atoms with Gasteiger partial charge in [0.25, 0.3) is 0 Å². The Morgan fingerprint density at radius 1 is 1.47 bits per heavy atom. The van der Waals surface area contributed by atoms with Crippen LogP contribution >= 0.6 is 11.9 Å². The van der Waals surface area contributed by atoms with Crippen LogP contribution in [-0.2, 0) is 4.79 Å². The Bertz CT molecular complexity index is 260. The van der Waals surface area contributed by atoms with Gasteiger partial charge in [-0.1, -0.05) is 0 Å². The maximum absolute atomic E-state index is 10.5. The van der Waals surface area contributed by atoms with Crippen molar-refractivity contribution in [2.45, 2.75) is 6.18 Å². The number of aliphatic carboxylic acids is 1. The first-order chi connectivity index (χ1) is 6.21. The fraction of sp³-hybridized carbons (Fsp3) is 0.250. The van der Waals surface area contributed by atoms with Gasteiger partial charge in [-0.2, -0.15) is 22.8 Å². The van der Waals surface area contributed by atoms with Gasteiger partial charge in [0.05, 0.1) is 11.9 Å². The summed E-state index contributed by atoms with van der Waals surface area (Å²) in [6.07, 6.45) is -5.19. The molecule has 4 N–H and O–H groups in total. The summed E-state index contributed by atoms with van der Waals surface area (Å²) >= 11 is 0.660. The molecule has 0 unspecified atom stereocenters. The van der Waals surface area contributed by atoms with E-state index in [1.54, 1.807) is 5.40 Å². The number of alkyl halides is 3. The number of nitriles is 1. The number of carboxylic acids is 1. The van der Waals surface area contributed by atoms with Gasteiger partial charge in [-0.15, -0.1) is 0 Å². The van der Waals surface area contributed by atoms with Gasteiger partial charge < -0.3 is 21.4 Å². The Hall–Kier alpha value is 0.422. The molecule has 0 spiro atoms. The molecular formula is C4H4CsF3N4O2S. The average molecular weight is 362 g/mol. The van der Waals surface area contributed by atoms with Crippen molar-refractivity contribution >= 4 is 23.9 Å². The van der Waals surface area contributed by atoms with E-state index < -0.39 is 12.1 Å². The Labute approximate surface area is 146 Å². The van der Waals surface area contributed by atoms with Gasteiger partial charge in [-0.25, -0.2) is 0 Å². The molecule has 0 aliphatic carbocycles. The number of guanidine groups is 1. The molecule has 0 heterocycles. The first-order valence-corrected chi connectivity index (χ1v) is 3.41. The fourth-order valence-electron chi connectivity index (χ4n) is 0.0731. The van der Waals surface area contributed by atoms with Crippen molar-refractivity contribution in [2.75, 3.05) is 0 Å². The summed E-state index contributed by atoms with van der Waals surface area (Å²) in [5.74, 6) is -3.08. The number of carbonyl (C=O) groups is 1. The smallest absolute Gasteiger partial charge is 0.542 e. The summed E-state index contributed by atoms with van der Waals surface area (Å²) in [6.45, 7) is 0. The first-order valence-electron chi connectivity index (χ1n) is 2.64. The molecule has 0 rings (SSSR count). The fourth-order valence-corrected chi connectivity index (χ4v) is 0.219. The van der Waals surface area contributed by atoms with Crippen molar-refractivity contribution in [3.05, 3.63) is 0 Å². The second-order valence-electron chi connectivity index (χ2n) is 1.48. The molecule has 0 radical (unpaired) electrons. The van der Waals surface area contributed by atoms with Gasteiger partial charge in [0.15, 0.2) is 11.4 Å². The zero-order chi connectivity index (χ0) is 11.8. The second-order valence-corrected chi connectivity index (χ2v) is 2.03. The zero-order valence-electron chi connectivity index (χ0n) is 7.41. The van der Waals surface area contributed by atoms with Crippen LogP contribution in [0.4, 0.5) is 13.2 Å². The molecule has 80 valence electrons. The van der Waals surface area contributed by atoms with E-state index in [2.05, 4.69) is 4.40 Å². The van der Waals surface area contributed by atoms with E-state index in [-0.39, 0.29) is 74.9 Å². The van der Waals surface area contributed by atoms with Crippen LogP contribution in [0.3, 0.4) is 0 Å². The average Bonchev–Trinajstić information content (AvgIpc) is 2.00. The van der Waals surface area contributed by atoms with Crippen molar-refractivity contribution < 1.29 is 92.0 Å². The van der Waals surface area contributed by atoms with E-state index >= 15 is 0 Å². The molecule has 15 heavy (non-hydrogen) atoms. The van der Waals surface area contributed by atoms with E-state index in [9.17, 15) is 13.2 Å².